The van der Waals surface area contributed by atoms with Gasteiger partial charge in [-0.3, -0.25) is 9.69 Å². The molecule has 1 amide bonds. The minimum atomic E-state index is -0.256. The first-order valence-electron chi connectivity index (χ1n) is 11.2. The molecule has 5 heteroatoms. The first-order valence-corrected chi connectivity index (χ1v) is 11.6. The zero-order valence-corrected chi connectivity index (χ0v) is 19.0. The summed E-state index contributed by atoms with van der Waals surface area (Å²) in [5.74, 6) is 0.183. The normalized spacial score (nSPS) is 15.5. The zero-order valence-electron chi connectivity index (χ0n) is 18.3. The number of benzene rings is 3. The summed E-state index contributed by atoms with van der Waals surface area (Å²) in [6, 6.07) is 28.3. The molecule has 1 heterocycles. The van der Waals surface area contributed by atoms with Gasteiger partial charge >= 0.3 is 0 Å². The molecule has 3 aromatic rings. The van der Waals surface area contributed by atoms with Gasteiger partial charge in [0.25, 0.3) is 0 Å². The van der Waals surface area contributed by atoms with E-state index in [1.165, 1.54) is 5.56 Å². The fourth-order valence-corrected chi connectivity index (χ4v) is 4.25. The number of carbonyl (C=O) groups excluding carboxylic acids is 1. The van der Waals surface area contributed by atoms with Gasteiger partial charge in [0, 0.05) is 44.3 Å². The summed E-state index contributed by atoms with van der Waals surface area (Å²) in [5, 5.41) is 4.23. The van der Waals surface area contributed by atoms with Crippen molar-refractivity contribution in [1.29, 1.82) is 0 Å². The third-order valence-electron chi connectivity index (χ3n) is 5.98. The lowest BCUT2D eigenvalue weighted by Gasteiger charge is -2.36. The number of hydrogen-bond acceptors (Lipinski definition) is 3. The fraction of sp³-hybridized carbons (Fsp3) is 0.296. The summed E-state index contributed by atoms with van der Waals surface area (Å²) in [7, 11) is 0. The predicted molar refractivity (Wildman–Crippen MR) is 131 cm³/mol. The number of nitrogens with zero attached hydrogens (tertiary/aromatic N) is 2. The van der Waals surface area contributed by atoms with Crippen molar-refractivity contribution in [3.8, 4) is 0 Å². The maximum Gasteiger partial charge on any atom is 0.240 e. The van der Waals surface area contributed by atoms with Gasteiger partial charge in [-0.25, -0.2) is 0 Å². The second kappa shape index (κ2) is 11.3. The Hall–Kier alpha value is -2.66. The van der Waals surface area contributed by atoms with Gasteiger partial charge in [0.15, 0.2) is 0 Å². The van der Waals surface area contributed by atoms with Crippen LogP contribution in [0.15, 0.2) is 84.9 Å². The number of carbonyl (C=O) groups is 1. The number of hydrogen-bond donors (Lipinski definition) is 1. The molecule has 4 rings (SSSR count). The molecule has 0 saturated carbocycles. The maximum atomic E-state index is 13.5. The molecule has 166 valence electrons. The van der Waals surface area contributed by atoms with Gasteiger partial charge in [0.2, 0.25) is 5.91 Å². The number of rotatable bonds is 8. The van der Waals surface area contributed by atoms with Crippen LogP contribution in [0.2, 0.25) is 5.02 Å². The molecule has 0 aromatic heterocycles. The molecule has 0 bridgehead atoms. The minimum Gasteiger partial charge on any atom is -0.339 e. The van der Waals surface area contributed by atoms with Crippen LogP contribution in [0.1, 0.15) is 16.7 Å². The fourth-order valence-electron chi connectivity index (χ4n) is 4.13. The van der Waals surface area contributed by atoms with Crippen LogP contribution in [0.4, 0.5) is 0 Å². The molecule has 0 aliphatic carbocycles. The van der Waals surface area contributed by atoms with E-state index in [0.29, 0.717) is 13.0 Å². The van der Waals surface area contributed by atoms with Gasteiger partial charge in [-0.05, 0) is 35.2 Å². The minimum absolute atomic E-state index is 0.183. The highest BCUT2D eigenvalue weighted by molar-refractivity contribution is 6.30. The zero-order chi connectivity index (χ0) is 22.2. The van der Waals surface area contributed by atoms with E-state index >= 15 is 0 Å². The highest BCUT2D eigenvalue weighted by atomic mass is 35.5. The van der Waals surface area contributed by atoms with Crippen LogP contribution < -0.4 is 5.32 Å². The summed E-state index contributed by atoms with van der Waals surface area (Å²) in [6.45, 7) is 4.89. The monoisotopic (exact) mass is 447 g/mol. The second-order valence-corrected chi connectivity index (χ2v) is 8.77. The highest BCUT2D eigenvalue weighted by Gasteiger charge is 2.27. The van der Waals surface area contributed by atoms with Crippen LogP contribution in [0.25, 0.3) is 0 Å². The standard InChI is InChI=1S/C27H30ClN3O/c28-25-13-11-23(12-14-25)20-29-26(19-22-7-3-1-4-8-22)27(32)31-17-15-30(16-18-31)21-24-9-5-2-6-10-24/h1-14,26,29H,15-21H2. The molecule has 1 N–H and O–H groups in total. The lowest BCUT2D eigenvalue weighted by atomic mass is 10.0. The van der Waals surface area contributed by atoms with Gasteiger partial charge in [0.1, 0.15) is 0 Å². The Morgan fingerprint density at radius 1 is 0.781 bits per heavy atom. The SMILES string of the molecule is O=C(C(Cc1ccccc1)NCc1ccc(Cl)cc1)N1CCN(Cc2ccccc2)CC1. The Morgan fingerprint density at radius 2 is 1.38 bits per heavy atom. The van der Waals surface area contributed by atoms with Gasteiger partial charge in [-0.2, -0.15) is 0 Å². The average Bonchev–Trinajstić information content (AvgIpc) is 2.84. The first kappa shape index (κ1) is 22.5. The Labute approximate surface area is 195 Å². The van der Waals surface area contributed by atoms with E-state index in [0.717, 1.165) is 48.9 Å². The number of piperazine rings is 1. The molecule has 1 unspecified atom stereocenters. The van der Waals surface area contributed by atoms with E-state index in [2.05, 4.69) is 46.6 Å². The molecular weight excluding hydrogens is 418 g/mol. The van der Waals surface area contributed by atoms with Crippen molar-refractivity contribution in [2.75, 3.05) is 26.2 Å². The molecule has 1 aliphatic heterocycles. The molecule has 32 heavy (non-hydrogen) atoms. The van der Waals surface area contributed by atoms with E-state index < -0.39 is 0 Å². The van der Waals surface area contributed by atoms with E-state index in [1.54, 1.807) is 0 Å². The summed E-state index contributed by atoms with van der Waals surface area (Å²) >= 11 is 6.01. The van der Waals surface area contributed by atoms with Crippen molar-refractivity contribution in [1.82, 2.24) is 15.1 Å². The largest absolute Gasteiger partial charge is 0.339 e. The van der Waals surface area contributed by atoms with Crippen molar-refractivity contribution >= 4 is 17.5 Å². The number of nitrogens with one attached hydrogen (secondary N) is 1. The molecule has 1 fully saturated rings. The number of amides is 1. The topological polar surface area (TPSA) is 35.6 Å². The molecule has 0 radical (unpaired) electrons. The maximum absolute atomic E-state index is 13.5. The lowest BCUT2D eigenvalue weighted by Crippen LogP contribution is -2.54. The first-order chi connectivity index (χ1) is 15.7. The van der Waals surface area contributed by atoms with Crippen LogP contribution >= 0.6 is 11.6 Å². The third kappa shape index (κ3) is 6.42. The summed E-state index contributed by atoms with van der Waals surface area (Å²) in [6.07, 6.45) is 0.678. The van der Waals surface area contributed by atoms with Crippen LogP contribution in [-0.2, 0) is 24.3 Å². The molecule has 1 aliphatic rings. The average molecular weight is 448 g/mol. The van der Waals surface area contributed by atoms with Crippen LogP contribution in [0, 0.1) is 0 Å². The summed E-state index contributed by atoms with van der Waals surface area (Å²) < 4.78 is 0. The summed E-state index contributed by atoms with van der Waals surface area (Å²) in [4.78, 5) is 17.9. The van der Waals surface area contributed by atoms with E-state index in [1.807, 2.05) is 53.4 Å². The molecule has 4 nitrogen and oxygen atoms in total. The van der Waals surface area contributed by atoms with Crippen molar-refractivity contribution in [3.05, 3.63) is 107 Å². The second-order valence-electron chi connectivity index (χ2n) is 8.34. The Kier molecular flexibility index (Phi) is 7.94. The van der Waals surface area contributed by atoms with Crippen LogP contribution in [0.5, 0.6) is 0 Å². The van der Waals surface area contributed by atoms with E-state index in [-0.39, 0.29) is 11.9 Å². The van der Waals surface area contributed by atoms with Gasteiger partial charge in [-0.15, -0.1) is 0 Å². The van der Waals surface area contributed by atoms with Crippen molar-refractivity contribution in [2.24, 2.45) is 0 Å². The lowest BCUT2D eigenvalue weighted by molar-refractivity contribution is -0.135. The van der Waals surface area contributed by atoms with E-state index in [4.69, 9.17) is 11.6 Å². The van der Waals surface area contributed by atoms with E-state index in [9.17, 15) is 4.79 Å². The van der Waals surface area contributed by atoms with Gasteiger partial charge < -0.3 is 10.2 Å². The highest BCUT2D eigenvalue weighted by Crippen LogP contribution is 2.13. The Morgan fingerprint density at radius 3 is 2.00 bits per heavy atom. The third-order valence-corrected chi connectivity index (χ3v) is 6.23. The smallest absolute Gasteiger partial charge is 0.240 e. The predicted octanol–water partition coefficient (Wildman–Crippen LogP) is 4.39. The van der Waals surface area contributed by atoms with Crippen LogP contribution in [-0.4, -0.2) is 47.9 Å². The Balaban J connectivity index is 1.37. The summed E-state index contributed by atoms with van der Waals surface area (Å²) in [5.41, 5.74) is 3.60. The molecule has 1 saturated heterocycles. The molecule has 1 atom stereocenters. The van der Waals surface area contributed by atoms with Gasteiger partial charge in [0.05, 0.1) is 6.04 Å². The van der Waals surface area contributed by atoms with Crippen molar-refractivity contribution in [2.45, 2.75) is 25.6 Å². The quantitative estimate of drug-likeness (QED) is 0.556. The van der Waals surface area contributed by atoms with Gasteiger partial charge in [-0.1, -0.05) is 84.4 Å². The number of halogens is 1. The van der Waals surface area contributed by atoms with Crippen molar-refractivity contribution in [3.63, 3.8) is 0 Å². The van der Waals surface area contributed by atoms with Crippen molar-refractivity contribution < 1.29 is 4.79 Å². The van der Waals surface area contributed by atoms with Crippen LogP contribution in [0.3, 0.4) is 0 Å². The molecule has 3 aromatic carbocycles. The molecule has 0 spiro atoms. The molecular formula is C27H30ClN3O. The Bertz CT molecular complexity index is 971.